The SMILES string of the molecule is Cc1ccc(Br)cc1CCN(C)CC(N)CC(=O)O. The molecule has 0 bridgehead atoms. The zero-order valence-corrected chi connectivity index (χ0v) is 13.0. The number of likely N-dealkylation sites (N-methyl/N-ethyl adjacent to an activating group) is 1. The van der Waals surface area contributed by atoms with Gasteiger partial charge in [-0.1, -0.05) is 22.0 Å². The van der Waals surface area contributed by atoms with E-state index in [9.17, 15) is 4.79 Å². The van der Waals surface area contributed by atoms with Gasteiger partial charge in [-0.05, 0) is 43.7 Å². The molecule has 0 saturated heterocycles. The summed E-state index contributed by atoms with van der Waals surface area (Å²) >= 11 is 3.47. The topological polar surface area (TPSA) is 66.6 Å². The third-order valence-corrected chi connectivity index (χ3v) is 3.55. The number of hydrogen-bond acceptors (Lipinski definition) is 3. The fraction of sp³-hybridized carbons (Fsp3) is 0.500. The van der Waals surface area contributed by atoms with Crippen LogP contribution >= 0.6 is 15.9 Å². The van der Waals surface area contributed by atoms with E-state index in [0.717, 1.165) is 17.4 Å². The van der Waals surface area contributed by atoms with E-state index in [0.29, 0.717) is 6.54 Å². The summed E-state index contributed by atoms with van der Waals surface area (Å²) in [6.45, 7) is 3.56. The van der Waals surface area contributed by atoms with E-state index in [1.165, 1.54) is 11.1 Å². The maximum Gasteiger partial charge on any atom is 0.304 e. The number of nitrogens with zero attached hydrogens (tertiary/aromatic N) is 1. The lowest BCUT2D eigenvalue weighted by atomic mass is 10.1. The molecular formula is C14H21BrN2O2. The largest absolute Gasteiger partial charge is 0.481 e. The molecule has 1 rings (SSSR count). The first-order chi connectivity index (χ1) is 8.88. The molecule has 1 aromatic rings. The van der Waals surface area contributed by atoms with Gasteiger partial charge in [0.1, 0.15) is 0 Å². The number of carboxylic acid groups (broad SMARTS) is 1. The second-order valence-corrected chi connectivity index (χ2v) is 5.86. The van der Waals surface area contributed by atoms with Gasteiger partial charge in [0.25, 0.3) is 0 Å². The van der Waals surface area contributed by atoms with Crippen molar-refractivity contribution in [2.45, 2.75) is 25.8 Å². The predicted molar refractivity (Wildman–Crippen MR) is 80.3 cm³/mol. The van der Waals surface area contributed by atoms with Crippen LogP contribution in [-0.2, 0) is 11.2 Å². The molecule has 1 aromatic carbocycles. The number of carboxylic acids is 1. The number of rotatable bonds is 7. The molecule has 0 aromatic heterocycles. The van der Waals surface area contributed by atoms with Crippen molar-refractivity contribution in [3.05, 3.63) is 33.8 Å². The van der Waals surface area contributed by atoms with Gasteiger partial charge in [0.2, 0.25) is 0 Å². The van der Waals surface area contributed by atoms with E-state index in [2.05, 4.69) is 39.9 Å². The Morgan fingerprint density at radius 2 is 2.21 bits per heavy atom. The van der Waals surface area contributed by atoms with Gasteiger partial charge >= 0.3 is 5.97 Å². The average Bonchev–Trinajstić information content (AvgIpc) is 2.29. The Morgan fingerprint density at radius 1 is 1.53 bits per heavy atom. The van der Waals surface area contributed by atoms with Crippen molar-refractivity contribution in [1.29, 1.82) is 0 Å². The number of halogens is 1. The van der Waals surface area contributed by atoms with Crippen molar-refractivity contribution < 1.29 is 9.90 Å². The molecule has 0 aliphatic rings. The van der Waals surface area contributed by atoms with E-state index < -0.39 is 5.97 Å². The Hall–Kier alpha value is -0.910. The van der Waals surface area contributed by atoms with Crippen molar-refractivity contribution in [3.8, 4) is 0 Å². The number of aliphatic carboxylic acids is 1. The van der Waals surface area contributed by atoms with E-state index in [1.54, 1.807) is 0 Å². The van der Waals surface area contributed by atoms with Gasteiger partial charge in [-0.3, -0.25) is 4.79 Å². The molecule has 0 aliphatic carbocycles. The van der Waals surface area contributed by atoms with Crippen LogP contribution < -0.4 is 5.73 Å². The second-order valence-electron chi connectivity index (χ2n) is 4.94. The van der Waals surface area contributed by atoms with Crippen LogP contribution in [0.4, 0.5) is 0 Å². The normalized spacial score (nSPS) is 12.7. The van der Waals surface area contributed by atoms with Gasteiger partial charge in [0.15, 0.2) is 0 Å². The summed E-state index contributed by atoms with van der Waals surface area (Å²) in [4.78, 5) is 12.6. The van der Waals surface area contributed by atoms with Gasteiger partial charge < -0.3 is 15.7 Å². The molecule has 4 nitrogen and oxygen atoms in total. The fourth-order valence-corrected chi connectivity index (χ4v) is 2.41. The molecule has 0 radical (unpaired) electrons. The molecule has 0 spiro atoms. The van der Waals surface area contributed by atoms with Crippen molar-refractivity contribution in [2.75, 3.05) is 20.1 Å². The van der Waals surface area contributed by atoms with Gasteiger partial charge in [-0.2, -0.15) is 0 Å². The smallest absolute Gasteiger partial charge is 0.304 e. The Morgan fingerprint density at radius 3 is 2.84 bits per heavy atom. The average molecular weight is 329 g/mol. The third kappa shape index (κ3) is 6.18. The summed E-state index contributed by atoms with van der Waals surface area (Å²) in [5, 5.41) is 8.67. The van der Waals surface area contributed by atoms with Gasteiger partial charge in [0.05, 0.1) is 6.42 Å². The second kappa shape index (κ2) is 7.62. The molecule has 3 N–H and O–H groups in total. The molecule has 0 heterocycles. The molecule has 0 fully saturated rings. The summed E-state index contributed by atoms with van der Waals surface area (Å²) in [6, 6.07) is 5.94. The summed E-state index contributed by atoms with van der Waals surface area (Å²) in [7, 11) is 1.97. The van der Waals surface area contributed by atoms with Crippen LogP contribution in [-0.4, -0.2) is 42.2 Å². The zero-order valence-electron chi connectivity index (χ0n) is 11.4. The molecule has 106 valence electrons. The first kappa shape index (κ1) is 16.1. The van der Waals surface area contributed by atoms with E-state index >= 15 is 0 Å². The highest BCUT2D eigenvalue weighted by Gasteiger charge is 2.11. The summed E-state index contributed by atoms with van der Waals surface area (Å²) < 4.78 is 1.08. The Balaban J connectivity index is 2.43. The highest BCUT2D eigenvalue weighted by molar-refractivity contribution is 9.10. The Bertz CT molecular complexity index is 437. The number of hydrogen-bond donors (Lipinski definition) is 2. The van der Waals surface area contributed by atoms with Crippen LogP contribution in [0.3, 0.4) is 0 Å². The summed E-state index contributed by atoms with van der Waals surface area (Å²) in [6.07, 6.45) is 0.946. The molecule has 1 unspecified atom stereocenters. The molecule has 5 heteroatoms. The first-order valence-electron chi connectivity index (χ1n) is 6.29. The molecule has 1 atom stereocenters. The number of aryl methyl sites for hydroxylation is 1. The summed E-state index contributed by atoms with van der Waals surface area (Å²) in [5.41, 5.74) is 8.34. The maximum atomic E-state index is 10.5. The number of nitrogens with two attached hydrogens (primary N) is 1. The van der Waals surface area contributed by atoms with Crippen LogP contribution in [0.1, 0.15) is 17.5 Å². The van der Waals surface area contributed by atoms with Gasteiger partial charge in [0, 0.05) is 23.6 Å². The molecule has 0 amide bonds. The molecule has 0 saturated carbocycles. The van der Waals surface area contributed by atoms with Crippen LogP contribution in [0, 0.1) is 6.92 Å². The Kier molecular flexibility index (Phi) is 6.48. The summed E-state index contributed by atoms with van der Waals surface area (Å²) in [5.74, 6) is -0.844. The zero-order chi connectivity index (χ0) is 14.4. The van der Waals surface area contributed by atoms with Crippen molar-refractivity contribution in [2.24, 2.45) is 5.73 Å². The number of carbonyl (C=O) groups is 1. The van der Waals surface area contributed by atoms with Gasteiger partial charge in [-0.25, -0.2) is 0 Å². The molecule has 19 heavy (non-hydrogen) atoms. The third-order valence-electron chi connectivity index (χ3n) is 3.06. The molecule has 0 aliphatic heterocycles. The highest BCUT2D eigenvalue weighted by atomic mass is 79.9. The Labute approximate surface area is 122 Å². The van der Waals surface area contributed by atoms with E-state index in [4.69, 9.17) is 10.8 Å². The van der Waals surface area contributed by atoms with Crippen LogP contribution in [0.2, 0.25) is 0 Å². The van der Waals surface area contributed by atoms with Crippen molar-refractivity contribution in [3.63, 3.8) is 0 Å². The highest BCUT2D eigenvalue weighted by Crippen LogP contribution is 2.16. The number of benzene rings is 1. The van der Waals surface area contributed by atoms with Crippen molar-refractivity contribution in [1.82, 2.24) is 4.90 Å². The standard InChI is InChI=1S/C14H21BrN2O2/c1-10-3-4-12(15)7-11(10)5-6-17(2)9-13(16)8-14(18)19/h3-4,7,13H,5-6,8-9,16H2,1-2H3,(H,18,19). The van der Waals surface area contributed by atoms with E-state index in [-0.39, 0.29) is 12.5 Å². The predicted octanol–water partition coefficient (Wildman–Crippen LogP) is 2.03. The lowest BCUT2D eigenvalue weighted by Gasteiger charge is -2.20. The van der Waals surface area contributed by atoms with Crippen LogP contribution in [0.5, 0.6) is 0 Å². The maximum absolute atomic E-state index is 10.5. The minimum atomic E-state index is -0.844. The minimum Gasteiger partial charge on any atom is -0.481 e. The molecular weight excluding hydrogens is 308 g/mol. The van der Waals surface area contributed by atoms with Crippen LogP contribution in [0.25, 0.3) is 0 Å². The lowest BCUT2D eigenvalue weighted by Crippen LogP contribution is -2.37. The quantitative estimate of drug-likeness (QED) is 0.803. The minimum absolute atomic E-state index is 0.0141. The lowest BCUT2D eigenvalue weighted by molar-refractivity contribution is -0.137. The first-order valence-corrected chi connectivity index (χ1v) is 7.08. The van der Waals surface area contributed by atoms with E-state index in [1.807, 2.05) is 13.1 Å². The van der Waals surface area contributed by atoms with Gasteiger partial charge in [-0.15, -0.1) is 0 Å². The monoisotopic (exact) mass is 328 g/mol. The van der Waals surface area contributed by atoms with Crippen molar-refractivity contribution >= 4 is 21.9 Å². The van der Waals surface area contributed by atoms with Crippen LogP contribution in [0.15, 0.2) is 22.7 Å². The fourth-order valence-electron chi connectivity index (χ4n) is 2.00.